The van der Waals surface area contributed by atoms with Gasteiger partial charge >= 0.3 is 0 Å². The lowest BCUT2D eigenvalue weighted by molar-refractivity contribution is 0.532. The summed E-state index contributed by atoms with van der Waals surface area (Å²) in [6.07, 6.45) is 3.60. The van der Waals surface area contributed by atoms with Crippen LogP contribution < -0.4 is 0 Å². The molecular formula is C8H10N4O. The van der Waals surface area contributed by atoms with Crippen molar-refractivity contribution in [1.29, 1.82) is 0 Å². The zero-order chi connectivity index (χ0) is 9.26. The Bertz CT molecular complexity index is 404. The highest BCUT2D eigenvalue weighted by Crippen LogP contribution is 2.15. The zero-order valence-electron chi connectivity index (χ0n) is 7.56. The molecule has 0 N–H and O–H groups in total. The van der Waals surface area contributed by atoms with E-state index >= 15 is 0 Å². The Labute approximate surface area is 75.4 Å². The molecule has 2 aromatic heterocycles. The van der Waals surface area contributed by atoms with Crippen molar-refractivity contribution in [3.05, 3.63) is 18.3 Å². The molecule has 0 unspecified atom stereocenters. The predicted molar refractivity (Wildman–Crippen MR) is 45.9 cm³/mol. The Morgan fingerprint density at radius 2 is 2.31 bits per heavy atom. The second-order valence-corrected chi connectivity index (χ2v) is 2.71. The second-order valence-electron chi connectivity index (χ2n) is 2.71. The largest absolute Gasteiger partial charge is 0.421 e. The summed E-state index contributed by atoms with van der Waals surface area (Å²) >= 11 is 0. The molecule has 0 aliphatic rings. The topological polar surface area (TPSA) is 56.7 Å². The third-order valence-electron chi connectivity index (χ3n) is 1.73. The quantitative estimate of drug-likeness (QED) is 0.694. The molecule has 0 radical (unpaired) electrons. The molecule has 68 valence electrons. The minimum Gasteiger partial charge on any atom is -0.421 e. The molecule has 5 nitrogen and oxygen atoms in total. The third-order valence-corrected chi connectivity index (χ3v) is 1.73. The first-order valence-corrected chi connectivity index (χ1v) is 4.12. The van der Waals surface area contributed by atoms with Crippen LogP contribution in [0.15, 0.2) is 16.8 Å². The van der Waals surface area contributed by atoms with Gasteiger partial charge in [0.25, 0.3) is 5.89 Å². The van der Waals surface area contributed by atoms with Crippen molar-refractivity contribution in [3.8, 4) is 11.5 Å². The lowest BCUT2D eigenvalue weighted by Crippen LogP contribution is -1.91. The highest BCUT2D eigenvalue weighted by atomic mass is 16.4. The van der Waals surface area contributed by atoms with Crippen LogP contribution in [-0.4, -0.2) is 20.0 Å². The van der Waals surface area contributed by atoms with Crippen molar-refractivity contribution in [2.24, 2.45) is 0 Å². The van der Waals surface area contributed by atoms with Gasteiger partial charge < -0.3 is 4.42 Å². The highest BCUT2D eigenvalue weighted by Gasteiger charge is 2.07. The minimum atomic E-state index is 0.525. The molecule has 0 aliphatic heterocycles. The molecule has 0 saturated carbocycles. The smallest absolute Gasteiger partial charge is 0.250 e. The highest BCUT2D eigenvalue weighted by molar-refractivity contribution is 5.48. The SMILES string of the molecule is CCn1cc(-c2nnc(C)o2)cn1. The van der Waals surface area contributed by atoms with Crippen molar-refractivity contribution in [2.75, 3.05) is 0 Å². The summed E-state index contributed by atoms with van der Waals surface area (Å²) in [5, 5.41) is 11.7. The lowest BCUT2D eigenvalue weighted by Gasteiger charge is -1.89. The zero-order valence-corrected chi connectivity index (χ0v) is 7.56. The molecule has 0 fully saturated rings. The van der Waals surface area contributed by atoms with Gasteiger partial charge in [0.2, 0.25) is 5.89 Å². The van der Waals surface area contributed by atoms with Crippen molar-refractivity contribution in [1.82, 2.24) is 20.0 Å². The van der Waals surface area contributed by atoms with Crippen molar-refractivity contribution >= 4 is 0 Å². The molecule has 0 aliphatic carbocycles. The second kappa shape index (κ2) is 3.01. The minimum absolute atomic E-state index is 0.525. The molecular weight excluding hydrogens is 168 g/mol. The van der Waals surface area contributed by atoms with E-state index < -0.39 is 0 Å². The molecule has 0 saturated heterocycles. The summed E-state index contributed by atoms with van der Waals surface area (Å²) < 4.78 is 7.07. The number of hydrogen-bond acceptors (Lipinski definition) is 4. The normalized spacial score (nSPS) is 10.6. The summed E-state index contributed by atoms with van der Waals surface area (Å²) in [5.74, 6) is 1.09. The van der Waals surface area contributed by atoms with E-state index in [0.29, 0.717) is 11.8 Å². The van der Waals surface area contributed by atoms with Crippen molar-refractivity contribution in [2.45, 2.75) is 20.4 Å². The maximum atomic E-state index is 5.25. The average Bonchev–Trinajstić information content (AvgIpc) is 2.71. The molecule has 2 rings (SSSR count). The lowest BCUT2D eigenvalue weighted by atomic mass is 10.4. The first-order valence-electron chi connectivity index (χ1n) is 4.12. The van der Waals surface area contributed by atoms with E-state index in [0.717, 1.165) is 12.1 Å². The molecule has 0 spiro atoms. The molecule has 0 bridgehead atoms. The van der Waals surface area contributed by atoms with E-state index in [4.69, 9.17) is 4.42 Å². The molecule has 2 aromatic rings. The van der Waals surface area contributed by atoms with Gasteiger partial charge in [-0.15, -0.1) is 10.2 Å². The van der Waals surface area contributed by atoms with Crippen LogP contribution in [-0.2, 0) is 6.54 Å². The van der Waals surface area contributed by atoms with Gasteiger partial charge in [-0.25, -0.2) is 0 Å². The van der Waals surface area contributed by atoms with E-state index in [1.165, 1.54) is 0 Å². The Kier molecular flexibility index (Phi) is 1.84. The number of hydrogen-bond donors (Lipinski definition) is 0. The van der Waals surface area contributed by atoms with E-state index in [9.17, 15) is 0 Å². The van der Waals surface area contributed by atoms with Crippen LogP contribution in [0.25, 0.3) is 11.5 Å². The number of aromatic nitrogens is 4. The maximum Gasteiger partial charge on any atom is 0.250 e. The summed E-state index contributed by atoms with van der Waals surface area (Å²) in [6.45, 7) is 4.63. The van der Waals surface area contributed by atoms with Crippen LogP contribution in [0, 0.1) is 6.92 Å². The number of rotatable bonds is 2. The van der Waals surface area contributed by atoms with Gasteiger partial charge in [-0.3, -0.25) is 4.68 Å². The Hall–Kier alpha value is -1.65. The molecule has 0 amide bonds. The monoisotopic (exact) mass is 178 g/mol. The van der Waals surface area contributed by atoms with E-state index in [2.05, 4.69) is 15.3 Å². The van der Waals surface area contributed by atoms with Gasteiger partial charge in [0.15, 0.2) is 0 Å². The molecule has 13 heavy (non-hydrogen) atoms. The van der Waals surface area contributed by atoms with Gasteiger partial charge in [0, 0.05) is 19.7 Å². The van der Waals surface area contributed by atoms with Crippen molar-refractivity contribution < 1.29 is 4.42 Å². The van der Waals surface area contributed by atoms with Crippen LogP contribution >= 0.6 is 0 Å². The first-order chi connectivity index (χ1) is 6.29. The molecule has 5 heteroatoms. The Morgan fingerprint density at radius 3 is 2.85 bits per heavy atom. The van der Waals surface area contributed by atoms with Crippen LogP contribution in [0.1, 0.15) is 12.8 Å². The van der Waals surface area contributed by atoms with Crippen LogP contribution in [0.4, 0.5) is 0 Å². The third kappa shape index (κ3) is 1.44. The van der Waals surface area contributed by atoms with Crippen molar-refractivity contribution in [3.63, 3.8) is 0 Å². The van der Waals surface area contributed by atoms with Gasteiger partial charge in [0.1, 0.15) is 0 Å². The van der Waals surface area contributed by atoms with Crippen LogP contribution in [0.5, 0.6) is 0 Å². The number of aryl methyl sites for hydroxylation is 2. The molecule has 2 heterocycles. The standard InChI is InChI=1S/C8H10N4O/c1-3-12-5-7(4-9-12)8-11-10-6(2)13-8/h4-5H,3H2,1-2H3. The summed E-state index contributed by atoms with van der Waals surface area (Å²) in [4.78, 5) is 0. The summed E-state index contributed by atoms with van der Waals surface area (Å²) in [7, 11) is 0. The first kappa shape index (κ1) is 7.97. The van der Waals surface area contributed by atoms with E-state index in [1.54, 1.807) is 13.1 Å². The van der Waals surface area contributed by atoms with Crippen LogP contribution in [0.3, 0.4) is 0 Å². The number of nitrogens with zero attached hydrogens (tertiary/aromatic N) is 4. The van der Waals surface area contributed by atoms with Crippen LogP contribution in [0.2, 0.25) is 0 Å². The van der Waals surface area contributed by atoms with Gasteiger partial charge in [-0.1, -0.05) is 0 Å². The molecule has 0 atom stereocenters. The Morgan fingerprint density at radius 1 is 1.46 bits per heavy atom. The van der Waals surface area contributed by atoms with Gasteiger partial charge in [0.05, 0.1) is 11.8 Å². The van der Waals surface area contributed by atoms with E-state index in [-0.39, 0.29) is 0 Å². The fourth-order valence-electron chi connectivity index (χ4n) is 1.06. The fraction of sp³-hybridized carbons (Fsp3) is 0.375. The Balaban J connectivity index is 2.35. The van der Waals surface area contributed by atoms with Gasteiger partial charge in [-0.05, 0) is 6.92 Å². The fourth-order valence-corrected chi connectivity index (χ4v) is 1.06. The van der Waals surface area contributed by atoms with Gasteiger partial charge in [-0.2, -0.15) is 5.10 Å². The molecule has 0 aromatic carbocycles. The van der Waals surface area contributed by atoms with E-state index in [1.807, 2.05) is 17.8 Å². The summed E-state index contributed by atoms with van der Waals surface area (Å²) in [6, 6.07) is 0. The summed E-state index contributed by atoms with van der Waals surface area (Å²) in [5.41, 5.74) is 0.863. The average molecular weight is 178 g/mol. The maximum absolute atomic E-state index is 5.25. The predicted octanol–water partition coefficient (Wildman–Crippen LogP) is 1.26.